The first-order chi connectivity index (χ1) is 4.72. The molecule has 2 nitrogen and oxygen atoms in total. The minimum absolute atomic E-state index is 0.870. The first-order valence-corrected chi connectivity index (χ1v) is 5.80. The summed E-state index contributed by atoms with van der Waals surface area (Å²) >= 11 is 0. The summed E-state index contributed by atoms with van der Waals surface area (Å²) in [6, 6.07) is 1.26. The Kier molecular flexibility index (Phi) is 5.97. The third-order valence-corrected chi connectivity index (χ3v) is 4.41. The van der Waals surface area contributed by atoms with Gasteiger partial charge in [-0.3, -0.25) is 0 Å². The zero-order valence-corrected chi connectivity index (χ0v) is 8.71. The van der Waals surface area contributed by atoms with E-state index in [1.54, 1.807) is 0 Å². The van der Waals surface area contributed by atoms with Gasteiger partial charge in [0.25, 0.3) is 9.20 Å². The van der Waals surface area contributed by atoms with Gasteiger partial charge in [0, 0.05) is 6.61 Å². The highest BCUT2D eigenvalue weighted by Gasteiger charge is 2.11. The van der Waals surface area contributed by atoms with Crippen LogP contribution in [0.1, 0.15) is 20.3 Å². The molecular formula is C7H19NOSi. The predicted molar refractivity (Wildman–Crippen MR) is 47.6 cm³/mol. The van der Waals surface area contributed by atoms with Gasteiger partial charge in [-0.25, -0.2) is 0 Å². The summed E-state index contributed by atoms with van der Waals surface area (Å²) in [5, 5.41) is 0. The minimum atomic E-state index is -0.974. The summed E-state index contributed by atoms with van der Waals surface area (Å²) in [4.78, 5) is 0. The third kappa shape index (κ3) is 4.03. The van der Waals surface area contributed by atoms with E-state index >= 15 is 0 Å². The predicted octanol–water partition coefficient (Wildman–Crippen LogP) is 1.22. The van der Waals surface area contributed by atoms with E-state index in [2.05, 4.69) is 32.5 Å². The first-order valence-electron chi connectivity index (χ1n) is 4.00. The van der Waals surface area contributed by atoms with Gasteiger partial charge in [-0.1, -0.05) is 13.3 Å². The van der Waals surface area contributed by atoms with Gasteiger partial charge < -0.3 is 8.99 Å². The van der Waals surface area contributed by atoms with Gasteiger partial charge in [0.1, 0.15) is 0 Å². The molecule has 62 valence electrons. The van der Waals surface area contributed by atoms with Gasteiger partial charge in [-0.15, -0.1) is 0 Å². The molecule has 0 radical (unpaired) electrons. The van der Waals surface area contributed by atoms with Gasteiger partial charge in [0.15, 0.2) is 0 Å². The molecule has 0 aliphatic rings. The smallest absolute Gasteiger partial charge is 0.254 e. The molecule has 0 heterocycles. The molecule has 0 amide bonds. The van der Waals surface area contributed by atoms with E-state index in [0.717, 1.165) is 6.61 Å². The molecule has 0 aromatic carbocycles. The first kappa shape index (κ1) is 10.1. The van der Waals surface area contributed by atoms with Crippen LogP contribution < -0.4 is 0 Å². The van der Waals surface area contributed by atoms with Crippen molar-refractivity contribution >= 4 is 9.20 Å². The third-order valence-electron chi connectivity index (χ3n) is 1.47. The van der Waals surface area contributed by atoms with Crippen molar-refractivity contribution in [3.63, 3.8) is 0 Å². The summed E-state index contributed by atoms with van der Waals surface area (Å²) in [5.41, 5.74) is 0. The Hall–Kier alpha value is 0.137. The highest BCUT2D eigenvalue weighted by molar-refractivity contribution is 6.48. The van der Waals surface area contributed by atoms with E-state index in [1.165, 1.54) is 12.5 Å². The Labute approximate surface area is 66.0 Å². The molecule has 0 rings (SSSR count). The molecule has 0 fully saturated rings. The quantitative estimate of drug-likeness (QED) is 0.562. The summed E-state index contributed by atoms with van der Waals surface area (Å²) in [6.45, 7) is 5.15. The second-order valence-electron chi connectivity index (χ2n) is 2.66. The average Bonchev–Trinajstić information content (AvgIpc) is 1.87. The number of hydrogen-bond acceptors (Lipinski definition) is 2. The fourth-order valence-corrected chi connectivity index (χ4v) is 2.79. The maximum absolute atomic E-state index is 5.61. The van der Waals surface area contributed by atoms with E-state index < -0.39 is 9.20 Å². The van der Waals surface area contributed by atoms with Crippen LogP contribution in [-0.4, -0.2) is 34.5 Å². The largest absolute Gasteiger partial charge is 0.406 e. The molecule has 0 aromatic heterocycles. The second kappa shape index (κ2) is 5.89. The Bertz CT molecular complexity index is 72.0. The zero-order valence-electron chi connectivity index (χ0n) is 7.55. The van der Waals surface area contributed by atoms with Crippen LogP contribution in [0.4, 0.5) is 0 Å². The molecule has 0 bridgehead atoms. The van der Waals surface area contributed by atoms with Crippen LogP contribution in [0.2, 0.25) is 6.04 Å². The van der Waals surface area contributed by atoms with Crippen LogP contribution in [0.3, 0.4) is 0 Å². The second-order valence-corrected chi connectivity index (χ2v) is 5.52. The van der Waals surface area contributed by atoms with Gasteiger partial charge in [-0.05, 0) is 27.1 Å². The van der Waals surface area contributed by atoms with E-state index in [4.69, 9.17) is 4.43 Å². The molecule has 1 unspecified atom stereocenters. The SMILES string of the molecule is CCC[SiH](OCC)N(C)C. The van der Waals surface area contributed by atoms with Crippen molar-refractivity contribution in [2.45, 2.75) is 26.3 Å². The lowest BCUT2D eigenvalue weighted by Crippen LogP contribution is -2.35. The van der Waals surface area contributed by atoms with Crippen LogP contribution in [-0.2, 0) is 4.43 Å². The lowest BCUT2D eigenvalue weighted by molar-refractivity contribution is 0.301. The normalized spacial score (nSPS) is 14.1. The Morgan fingerprint density at radius 2 is 1.90 bits per heavy atom. The van der Waals surface area contributed by atoms with Crippen LogP contribution >= 0.6 is 0 Å². The Morgan fingerprint density at radius 3 is 2.20 bits per heavy atom. The van der Waals surface area contributed by atoms with E-state index in [-0.39, 0.29) is 0 Å². The molecule has 0 N–H and O–H groups in total. The van der Waals surface area contributed by atoms with Crippen molar-refractivity contribution < 1.29 is 4.43 Å². The van der Waals surface area contributed by atoms with Gasteiger partial charge in [0.05, 0.1) is 0 Å². The molecule has 0 spiro atoms. The average molecular weight is 161 g/mol. The zero-order chi connectivity index (χ0) is 7.98. The van der Waals surface area contributed by atoms with Gasteiger partial charge in [-0.2, -0.15) is 0 Å². The number of rotatable bonds is 5. The lowest BCUT2D eigenvalue weighted by atomic mass is 10.6. The van der Waals surface area contributed by atoms with Crippen molar-refractivity contribution in [3.8, 4) is 0 Å². The number of nitrogens with zero attached hydrogens (tertiary/aromatic N) is 1. The lowest BCUT2D eigenvalue weighted by Gasteiger charge is -2.20. The van der Waals surface area contributed by atoms with Gasteiger partial charge in [0.2, 0.25) is 0 Å². The molecule has 1 atom stereocenters. The Morgan fingerprint density at radius 1 is 1.30 bits per heavy atom. The highest BCUT2D eigenvalue weighted by atomic mass is 28.3. The van der Waals surface area contributed by atoms with Crippen LogP contribution in [0.15, 0.2) is 0 Å². The summed E-state index contributed by atoms with van der Waals surface area (Å²) < 4.78 is 7.87. The molecule has 0 aliphatic carbocycles. The molecule has 0 saturated heterocycles. The molecule has 0 aliphatic heterocycles. The topological polar surface area (TPSA) is 12.5 Å². The van der Waals surface area contributed by atoms with Crippen LogP contribution in [0.5, 0.6) is 0 Å². The Balaban J connectivity index is 3.50. The highest BCUT2D eigenvalue weighted by Crippen LogP contribution is 2.00. The van der Waals surface area contributed by atoms with E-state index in [0.29, 0.717) is 0 Å². The van der Waals surface area contributed by atoms with Crippen molar-refractivity contribution in [3.05, 3.63) is 0 Å². The maximum Gasteiger partial charge on any atom is 0.254 e. The van der Waals surface area contributed by atoms with Crippen LogP contribution in [0, 0.1) is 0 Å². The van der Waals surface area contributed by atoms with E-state index in [9.17, 15) is 0 Å². The van der Waals surface area contributed by atoms with Gasteiger partial charge >= 0.3 is 0 Å². The summed E-state index contributed by atoms with van der Waals surface area (Å²) in [6.07, 6.45) is 1.25. The fraction of sp³-hybridized carbons (Fsp3) is 1.00. The van der Waals surface area contributed by atoms with Crippen LogP contribution in [0.25, 0.3) is 0 Å². The molecule has 3 heteroatoms. The molecular weight excluding hydrogens is 142 g/mol. The fourth-order valence-electron chi connectivity index (χ4n) is 0.930. The minimum Gasteiger partial charge on any atom is -0.406 e. The van der Waals surface area contributed by atoms with Crippen molar-refractivity contribution in [2.24, 2.45) is 0 Å². The summed E-state index contributed by atoms with van der Waals surface area (Å²) in [5.74, 6) is 0. The number of hydrogen-bond donors (Lipinski definition) is 0. The molecule has 0 aromatic rings. The molecule has 10 heavy (non-hydrogen) atoms. The maximum atomic E-state index is 5.61. The van der Waals surface area contributed by atoms with Crippen molar-refractivity contribution in [1.29, 1.82) is 0 Å². The van der Waals surface area contributed by atoms with Crippen molar-refractivity contribution in [2.75, 3.05) is 20.7 Å². The molecule has 0 saturated carbocycles. The standard InChI is InChI=1S/C7H19NOSi/c1-5-7-10(8(3)4)9-6-2/h10H,5-7H2,1-4H3. The van der Waals surface area contributed by atoms with E-state index in [1.807, 2.05) is 0 Å². The monoisotopic (exact) mass is 161 g/mol. The summed E-state index contributed by atoms with van der Waals surface area (Å²) in [7, 11) is 3.25. The van der Waals surface area contributed by atoms with Crippen molar-refractivity contribution in [1.82, 2.24) is 4.57 Å².